The topological polar surface area (TPSA) is 70.3 Å². The van der Waals surface area contributed by atoms with Gasteiger partial charge in [-0.2, -0.15) is 4.98 Å². The fraction of sp³-hybridized carbons (Fsp3) is 0.636. The summed E-state index contributed by atoms with van der Waals surface area (Å²) in [6.45, 7) is 4.34. The average molecular weight is 256 g/mol. The van der Waals surface area contributed by atoms with Crippen molar-refractivity contribution in [3.8, 4) is 0 Å². The van der Waals surface area contributed by atoms with Crippen LogP contribution in [0.4, 0.5) is 16.2 Å². The normalized spacial score (nSPS) is 10.8. The summed E-state index contributed by atoms with van der Waals surface area (Å²) in [5, 5.41) is 0. The quantitative estimate of drug-likeness (QED) is 0.552. The molecule has 1 rings (SSSR count). The van der Waals surface area contributed by atoms with E-state index in [-0.39, 0.29) is 5.95 Å². The van der Waals surface area contributed by atoms with E-state index in [2.05, 4.69) is 20.3 Å². The summed E-state index contributed by atoms with van der Waals surface area (Å²) in [4.78, 5) is 11.7. The number of hydrogen-bond donors (Lipinski definition) is 2. The van der Waals surface area contributed by atoms with Crippen molar-refractivity contribution >= 4 is 11.8 Å². The van der Waals surface area contributed by atoms with Crippen LogP contribution in [0.5, 0.6) is 0 Å². The largest absolute Gasteiger partial charge is 0.354 e. The number of nitrogens with one attached hydrogen (secondary N) is 1. The SMILES string of the molecule is CCN(CCCN(C)C)c1nc(NN)ncc1F. The molecule has 0 aliphatic carbocycles. The number of hydrogen-bond acceptors (Lipinski definition) is 6. The van der Waals surface area contributed by atoms with E-state index in [0.29, 0.717) is 12.4 Å². The average Bonchev–Trinajstić information content (AvgIpc) is 2.35. The van der Waals surface area contributed by atoms with Crippen LogP contribution in [-0.4, -0.2) is 48.6 Å². The Bertz CT molecular complexity index is 371. The molecule has 7 heteroatoms. The molecule has 1 aromatic heterocycles. The van der Waals surface area contributed by atoms with Crippen LogP contribution in [0.3, 0.4) is 0 Å². The lowest BCUT2D eigenvalue weighted by Gasteiger charge is -2.23. The van der Waals surface area contributed by atoms with Crippen molar-refractivity contribution in [3.05, 3.63) is 12.0 Å². The van der Waals surface area contributed by atoms with Crippen LogP contribution in [0.2, 0.25) is 0 Å². The number of nitrogen functional groups attached to an aromatic ring is 1. The van der Waals surface area contributed by atoms with Crippen LogP contribution >= 0.6 is 0 Å². The molecule has 0 atom stereocenters. The summed E-state index contributed by atoms with van der Waals surface area (Å²) in [7, 11) is 4.02. The third-order valence-corrected chi connectivity index (χ3v) is 2.57. The minimum atomic E-state index is -0.430. The van der Waals surface area contributed by atoms with Crippen LogP contribution < -0.4 is 16.2 Å². The fourth-order valence-corrected chi connectivity index (χ4v) is 1.64. The summed E-state index contributed by atoms with van der Waals surface area (Å²) >= 11 is 0. The third-order valence-electron chi connectivity index (χ3n) is 2.57. The molecular formula is C11H21FN6. The van der Waals surface area contributed by atoms with Gasteiger partial charge in [-0.05, 0) is 34.0 Å². The number of nitrogens with two attached hydrogens (primary N) is 1. The van der Waals surface area contributed by atoms with Crippen LogP contribution in [0.25, 0.3) is 0 Å². The molecule has 0 aromatic carbocycles. The van der Waals surface area contributed by atoms with Gasteiger partial charge in [-0.3, -0.25) is 5.43 Å². The number of anilines is 2. The van der Waals surface area contributed by atoms with Crippen molar-refractivity contribution in [1.82, 2.24) is 14.9 Å². The molecule has 1 aromatic rings. The third kappa shape index (κ3) is 4.08. The number of nitrogens with zero attached hydrogens (tertiary/aromatic N) is 4. The van der Waals surface area contributed by atoms with E-state index in [9.17, 15) is 4.39 Å². The second-order valence-electron chi connectivity index (χ2n) is 4.25. The predicted molar refractivity (Wildman–Crippen MR) is 70.9 cm³/mol. The minimum absolute atomic E-state index is 0.220. The lowest BCUT2D eigenvalue weighted by Crippen LogP contribution is -2.29. The highest BCUT2D eigenvalue weighted by Crippen LogP contribution is 2.17. The molecule has 3 N–H and O–H groups in total. The van der Waals surface area contributed by atoms with Gasteiger partial charge in [0.05, 0.1) is 6.20 Å². The number of halogens is 1. The summed E-state index contributed by atoms with van der Waals surface area (Å²) in [6.07, 6.45) is 2.07. The molecular weight excluding hydrogens is 235 g/mol. The van der Waals surface area contributed by atoms with Crippen LogP contribution in [0.15, 0.2) is 6.20 Å². The van der Waals surface area contributed by atoms with E-state index in [1.54, 1.807) is 0 Å². The molecule has 1 heterocycles. The van der Waals surface area contributed by atoms with Crippen LogP contribution in [0, 0.1) is 5.82 Å². The number of rotatable bonds is 7. The Balaban J connectivity index is 2.74. The van der Waals surface area contributed by atoms with Gasteiger partial charge in [0.15, 0.2) is 11.6 Å². The zero-order valence-electron chi connectivity index (χ0n) is 11.1. The second-order valence-corrected chi connectivity index (χ2v) is 4.25. The highest BCUT2D eigenvalue weighted by atomic mass is 19.1. The van der Waals surface area contributed by atoms with Gasteiger partial charge < -0.3 is 9.80 Å². The van der Waals surface area contributed by atoms with Crippen molar-refractivity contribution in [2.75, 3.05) is 44.1 Å². The van der Waals surface area contributed by atoms with Crippen molar-refractivity contribution in [3.63, 3.8) is 0 Å². The molecule has 18 heavy (non-hydrogen) atoms. The molecule has 0 spiro atoms. The first-order chi connectivity index (χ1) is 8.58. The molecule has 0 amide bonds. The fourth-order valence-electron chi connectivity index (χ4n) is 1.64. The Morgan fingerprint density at radius 2 is 2.11 bits per heavy atom. The molecule has 0 aliphatic heterocycles. The van der Waals surface area contributed by atoms with Gasteiger partial charge in [-0.1, -0.05) is 0 Å². The standard InChI is InChI=1S/C11H21FN6/c1-4-18(7-5-6-17(2)3)10-9(12)8-14-11(15-10)16-13/h8H,4-7,13H2,1-3H3,(H,14,15,16). The number of aromatic nitrogens is 2. The van der Waals surface area contributed by atoms with Crippen molar-refractivity contribution in [2.45, 2.75) is 13.3 Å². The lowest BCUT2D eigenvalue weighted by atomic mass is 10.3. The van der Waals surface area contributed by atoms with Gasteiger partial charge in [-0.25, -0.2) is 15.2 Å². The van der Waals surface area contributed by atoms with Crippen LogP contribution in [0.1, 0.15) is 13.3 Å². The molecule has 0 unspecified atom stereocenters. The maximum absolute atomic E-state index is 13.7. The maximum atomic E-state index is 13.7. The lowest BCUT2D eigenvalue weighted by molar-refractivity contribution is 0.400. The van der Waals surface area contributed by atoms with Gasteiger partial charge in [0.2, 0.25) is 5.95 Å². The summed E-state index contributed by atoms with van der Waals surface area (Å²) in [5.74, 6) is 5.31. The van der Waals surface area contributed by atoms with Gasteiger partial charge in [-0.15, -0.1) is 0 Å². The highest BCUT2D eigenvalue weighted by molar-refractivity contribution is 5.43. The van der Waals surface area contributed by atoms with E-state index in [4.69, 9.17) is 5.84 Å². The van der Waals surface area contributed by atoms with E-state index in [1.165, 1.54) is 0 Å². The Morgan fingerprint density at radius 3 is 2.67 bits per heavy atom. The second kappa shape index (κ2) is 7.07. The molecule has 0 saturated heterocycles. The first-order valence-electron chi connectivity index (χ1n) is 5.97. The Morgan fingerprint density at radius 1 is 1.39 bits per heavy atom. The molecule has 0 radical (unpaired) electrons. The van der Waals surface area contributed by atoms with Gasteiger partial charge in [0, 0.05) is 13.1 Å². The molecule has 102 valence electrons. The summed E-state index contributed by atoms with van der Waals surface area (Å²) in [6, 6.07) is 0. The summed E-state index contributed by atoms with van der Waals surface area (Å²) < 4.78 is 13.7. The Labute approximate surface area is 107 Å². The predicted octanol–water partition coefficient (Wildman–Crippen LogP) is 0.679. The van der Waals surface area contributed by atoms with Crippen molar-refractivity contribution < 1.29 is 4.39 Å². The zero-order valence-corrected chi connectivity index (χ0v) is 11.1. The minimum Gasteiger partial charge on any atom is -0.354 e. The van der Waals surface area contributed by atoms with Crippen LogP contribution in [-0.2, 0) is 0 Å². The van der Waals surface area contributed by atoms with Crippen molar-refractivity contribution in [2.24, 2.45) is 5.84 Å². The number of hydrazine groups is 1. The monoisotopic (exact) mass is 256 g/mol. The molecule has 0 aliphatic rings. The highest BCUT2D eigenvalue weighted by Gasteiger charge is 2.13. The van der Waals surface area contributed by atoms with E-state index in [1.807, 2.05) is 25.9 Å². The Hall–Kier alpha value is -1.47. The molecule has 0 fully saturated rings. The first kappa shape index (κ1) is 14.6. The molecule has 0 saturated carbocycles. The molecule has 6 nitrogen and oxygen atoms in total. The first-order valence-corrected chi connectivity index (χ1v) is 5.97. The Kier molecular flexibility index (Phi) is 5.73. The van der Waals surface area contributed by atoms with E-state index >= 15 is 0 Å². The van der Waals surface area contributed by atoms with Gasteiger partial charge in [0.25, 0.3) is 0 Å². The van der Waals surface area contributed by atoms with Gasteiger partial charge >= 0.3 is 0 Å². The van der Waals surface area contributed by atoms with Gasteiger partial charge in [0.1, 0.15) is 0 Å². The molecule has 0 bridgehead atoms. The smallest absolute Gasteiger partial charge is 0.239 e. The van der Waals surface area contributed by atoms with E-state index < -0.39 is 5.82 Å². The van der Waals surface area contributed by atoms with Crippen molar-refractivity contribution in [1.29, 1.82) is 0 Å². The maximum Gasteiger partial charge on any atom is 0.239 e. The summed E-state index contributed by atoms with van der Waals surface area (Å²) in [5.41, 5.74) is 2.32. The van der Waals surface area contributed by atoms with E-state index in [0.717, 1.165) is 25.7 Å². The zero-order chi connectivity index (χ0) is 13.5.